The molecule has 0 bridgehead atoms. The van der Waals surface area contributed by atoms with Crippen LogP contribution in [0.5, 0.6) is 0 Å². The number of halogens is 1. The predicted molar refractivity (Wildman–Crippen MR) is 113 cm³/mol. The molecule has 0 aliphatic rings. The fraction of sp³-hybridized carbons (Fsp3) is 0.478. The maximum absolute atomic E-state index is 14.2. The maximum atomic E-state index is 14.2. The molecule has 6 heteroatoms. The highest BCUT2D eigenvalue weighted by Gasteiger charge is 2.27. The van der Waals surface area contributed by atoms with E-state index in [1.54, 1.807) is 17.0 Å². The Bertz CT molecular complexity index is 831. The van der Waals surface area contributed by atoms with Crippen molar-refractivity contribution in [2.45, 2.75) is 46.7 Å². The van der Waals surface area contributed by atoms with E-state index in [2.05, 4.69) is 13.8 Å². The zero-order valence-electron chi connectivity index (χ0n) is 18.1. The predicted octanol–water partition coefficient (Wildman–Crippen LogP) is 4.09. The fourth-order valence-corrected chi connectivity index (χ4v) is 3.23. The van der Waals surface area contributed by atoms with Crippen LogP contribution in [0.1, 0.15) is 50.2 Å². The fourth-order valence-electron chi connectivity index (χ4n) is 3.23. The normalized spacial score (nSPS) is 12.1. The lowest BCUT2D eigenvalue weighted by Gasteiger charge is -2.32. The zero-order chi connectivity index (χ0) is 21.6. The van der Waals surface area contributed by atoms with E-state index in [4.69, 9.17) is 0 Å². The van der Waals surface area contributed by atoms with Gasteiger partial charge < -0.3 is 14.4 Å². The minimum absolute atomic E-state index is 0.00144. The van der Waals surface area contributed by atoms with Gasteiger partial charge in [0.25, 0.3) is 5.91 Å². The summed E-state index contributed by atoms with van der Waals surface area (Å²) in [6.07, 6.45) is 2.62. The van der Waals surface area contributed by atoms with E-state index in [-0.39, 0.29) is 24.1 Å². The summed E-state index contributed by atoms with van der Waals surface area (Å²) < 4.78 is 16.2. The lowest BCUT2D eigenvalue weighted by molar-refractivity contribution is -0.133. The number of carbonyl (C=O) groups is 2. The third-order valence-electron chi connectivity index (χ3n) is 5.14. The topological polar surface area (TPSA) is 45.6 Å². The summed E-state index contributed by atoms with van der Waals surface area (Å²) in [7, 11) is 1.94. The van der Waals surface area contributed by atoms with Crippen molar-refractivity contribution in [2.24, 2.45) is 13.0 Å². The molecule has 1 heterocycles. The molecule has 29 heavy (non-hydrogen) atoms. The van der Waals surface area contributed by atoms with Gasteiger partial charge in [-0.05, 0) is 43.5 Å². The van der Waals surface area contributed by atoms with E-state index in [1.165, 1.54) is 17.0 Å². The van der Waals surface area contributed by atoms with Crippen molar-refractivity contribution in [1.29, 1.82) is 0 Å². The average Bonchev–Trinajstić information content (AvgIpc) is 3.09. The molecular formula is C23H32FN3O2. The van der Waals surface area contributed by atoms with Gasteiger partial charge in [0.05, 0.1) is 12.1 Å². The summed E-state index contributed by atoms with van der Waals surface area (Å²) in [6, 6.07) is 9.67. The van der Waals surface area contributed by atoms with Crippen LogP contribution in [0.15, 0.2) is 42.6 Å². The lowest BCUT2D eigenvalue weighted by Crippen LogP contribution is -2.47. The Labute approximate surface area is 173 Å². The third kappa shape index (κ3) is 5.92. The molecule has 0 radical (unpaired) electrons. The number of carbonyl (C=O) groups excluding carboxylic acids is 2. The SMILES string of the molecule is CCC(C)N(CC(=O)N(Cc1cccn1C)CC(C)C)C(=O)c1ccccc1F. The second-order valence-electron chi connectivity index (χ2n) is 7.95. The van der Waals surface area contributed by atoms with Crippen LogP contribution in [-0.2, 0) is 18.4 Å². The van der Waals surface area contributed by atoms with Crippen LogP contribution in [0.25, 0.3) is 0 Å². The van der Waals surface area contributed by atoms with E-state index in [9.17, 15) is 14.0 Å². The highest BCUT2D eigenvalue weighted by Crippen LogP contribution is 2.16. The first kappa shape index (κ1) is 22.7. The van der Waals surface area contributed by atoms with Crippen LogP contribution >= 0.6 is 0 Å². The summed E-state index contributed by atoms with van der Waals surface area (Å²) in [4.78, 5) is 29.5. The summed E-state index contributed by atoms with van der Waals surface area (Å²) >= 11 is 0. The maximum Gasteiger partial charge on any atom is 0.257 e. The largest absolute Gasteiger partial charge is 0.353 e. The monoisotopic (exact) mass is 401 g/mol. The minimum Gasteiger partial charge on any atom is -0.353 e. The molecule has 0 N–H and O–H groups in total. The van der Waals surface area contributed by atoms with E-state index < -0.39 is 11.7 Å². The Morgan fingerprint density at radius 2 is 1.79 bits per heavy atom. The first-order chi connectivity index (χ1) is 13.7. The second-order valence-corrected chi connectivity index (χ2v) is 7.95. The number of hydrogen-bond acceptors (Lipinski definition) is 2. The lowest BCUT2D eigenvalue weighted by atomic mass is 10.1. The smallest absolute Gasteiger partial charge is 0.257 e. The molecule has 2 amide bonds. The van der Waals surface area contributed by atoms with Crippen LogP contribution < -0.4 is 0 Å². The number of benzene rings is 1. The van der Waals surface area contributed by atoms with Crippen molar-refractivity contribution >= 4 is 11.8 Å². The summed E-state index contributed by atoms with van der Waals surface area (Å²) in [6.45, 7) is 8.95. The van der Waals surface area contributed by atoms with Gasteiger partial charge in [-0.15, -0.1) is 0 Å². The molecule has 0 saturated heterocycles. The summed E-state index contributed by atoms with van der Waals surface area (Å²) in [5.74, 6) is -0.862. The Hall–Kier alpha value is -2.63. The van der Waals surface area contributed by atoms with Gasteiger partial charge in [-0.3, -0.25) is 9.59 Å². The van der Waals surface area contributed by atoms with Crippen molar-refractivity contribution < 1.29 is 14.0 Å². The van der Waals surface area contributed by atoms with Crippen LogP contribution in [0, 0.1) is 11.7 Å². The van der Waals surface area contributed by atoms with E-state index in [0.717, 1.165) is 5.69 Å². The van der Waals surface area contributed by atoms with Gasteiger partial charge in [-0.2, -0.15) is 0 Å². The molecule has 0 aliphatic carbocycles. The minimum atomic E-state index is -0.568. The van der Waals surface area contributed by atoms with Crippen LogP contribution in [0.3, 0.4) is 0 Å². The van der Waals surface area contributed by atoms with E-state index in [1.807, 2.05) is 43.8 Å². The molecule has 1 aromatic carbocycles. The molecule has 0 saturated carbocycles. The molecule has 0 spiro atoms. The Morgan fingerprint density at radius 1 is 1.10 bits per heavy atom. The van der Waals surface area contributed by atoms with Gasteiger partial charge in [0.1, 0.15) is 12.4 Å². The Balaban J connectivity index is 2.24. The van der Waals surface area contributed by atoms with Crippen molar-refractivity contribution in [1.82, 2.24) is 14.4 Å². The highest BCUT2D eigenvalue weighted by molar-refractivity contribution is 5.97. The van der Waals surface area contributed by atoms with Gasteiger partial charge in [-0.1, -0.05) is 32.9 Å². The van der Waals surface area contributed by atoms with Crippen LogP contribution in [0.4, 0.5) is 4.39 Å². The van der Waals surface area contributed by atoms with Gasteiger partial charge in [-0.25, -0.2) is 4.39 Å². The second kappa shape index (κ2) is 10.2. The Morgan fingerprint density at radius 3 is 2.34 bits per heavy atom. The standard InChI is InChI=1S/C23H32FN3O2/c1-6-18(4)27(23(29)20-11-7-8-12-21(20)24)16-22(28)26(14-17(2)3)15-19-10-9-13-25(19)5/h7-13,17-18H,6,14-16H2,1-5H3. The molecule has 1 atom stereocenters. The summed E-state index contributed by atoms with van der Waals surface area (Å²) in [5.41, 5.74) is 1.02. The van der Waals surface area contributed by atoms with E-state index >= 15 is 0 Å². The number of amides is 2. The van der Waals surface area contributed by atoms with Crippen LogP contribution in [-0.4, -0.2) is 45.3 Å². The van der Waals surface area contributed by atoms with Gasteiger partial charge in [0.2, 0.25) is 5.91 Å². The highest BCUT2D eigenvalue weighted by atomic mass is 19.1. The molecule has 0 aliphatic heterocycles. The van der Waals surface area contributed by atoms with Crippen molar-refractivity contribution in [3.05, 3.63) is 59.7 Å². The Kier molecular flexibility index (Phi) is 8.00. The molecule has 0 fully saturated rings. The van der Waals surface area contributed by atoms with Gasteiger partial charge in [0, 0.05) is 31.5 Å². The van der Waals surface area contributed by atoms with Gasteiger partial charge in [0.15, 0.2) is 0 Å². The van der Waals surface area contributed by atoms with Gasteiger partial charge >= 0.3 is 0 Å². The molecule has 1 aromatic heterocycles. The van der Waals surface area contributed by atoms with E-state index in [0.29, 0.717) is 25.4 Å². The van der Waals surface area contributed by atoms with Crippen LogP contribution in [0.2, 0.25) is 0 Å². The first-order valence-corrected chi connectivity index (χ1v) is 10.2. The molecule has 5 nitrogen and oxygen atoms in total. The molecule has 2 aromatic rings. The number of rotatable bonds is 9. The summed E-state index contributed by atoms with van der Waals surface area (Å²) in [5, 5.41) is 0. The first-order valence-electron chi connectivity index (χ1n) is 10.2. The van der Waals surface area contributed by atoms with Crippen molar-refractivity contribution in [2.75, 3.05) is 13.1 Å². The van der Waals surface area contributed by atoms with Crippen molar-refractivity contribution in [3.8, 4) is 0 Å². The van der Waals surface area contributed by atoms with Crippen molar-refractivity contribution in [3.63, 3.8) is 0 Å². The molecule has 158 valence electrons. The number of aromatic nitrogens is 1. The molecule has 2 rings (SSSR count). The zero-order valence-corrected chi connectivity index (χ0v) is 18.1. The quantitative estimate of drug-likeness (QED) is 0.635. The molecular weight excluding hydrogens is 369 g/mol. The number of nitrogens with zero attached hydrogens (tertiary/aromatic N) is 3. The number of aryl methyl sites for hydroxylation is 1. The number of hydrogen-bond donors (Lipinski definition) is 0. The third-order valence-corrected chi connectivity index (χ3v) is 5.14. The molecule has 1 unspecified atom stereocenters. The average molecular weight is 402 g/mol.